The van der Waals surface area contributed by atoms with E-state index in [4.69, 9.17) is 92.7 Å². The summed E-state index contributed by atoms with van der Waals surface area (Å²) in [6.07, 6.45) is 0. The number of benzene rings is 4. The molecule has 4 aromatic rings. The molecule has 0 atom stereocenters. The van der Waals surface area contributed by atoms with Crippen molar-refractivity contribution >= 4 is 93.3 Å². The van der Waals surface area contributed by atoms with Crippen molar-refractivity contribution in [2.24, 2.45) is 0 Å². The quantitative estimate of drug-likeness (QED) is 0.101. The van der Waals surface area contributed by atoms with Gasteiger partial charge in [-0.25, -0.2) is 0 Å². The van der Waals surface area contributed by atoms with Gasteiger partial charge in [-0.05, 0) is 58.7 Å². The van der Waals surface area contributed by atoms with Crippen LogP contribution in [0.1, 0.15) is 22.3 Å². The van der Waals surface area contributed by atoms with Crippen molar-refractivity contribution in [3.63, 3.8) is 0 Å². The van der Waals surface area contributed by atoms with Gasteiger partial charge in [0.2, 0.25) is 0 Å². The van der Waals surface area contributed by atoms with Crippen molar-refractivity contribution < 1.29 is 35.4 Å². The number of halogens is 2. The molecular formula is C32H26Cl2NiO4S4-4. The largest absolute Gasteiger partial charge is 0.780 e. The molecule has 0 radical (unpaired) electrons. The van der Waals surface area contributed by atoms with Crippen LogP contribution in [0.15, 0.2) is 84.9 Å². The minimum Gasteiger partial charge on any atom is -0.780 e. The predicted octanol–water partition coefficient (Wildman–Crippen LogP) is 8.55. The zero-order chi connectivity index (χ0) is 30.8. The molecule has 0 unspecified atom stereocenters. The predicted molar refractivity (Wildman–Crippen MR) is 185 cm³/mol. The molecule has 230 valence electrons. The van der Waals surface area contributed by atoms with Crippen molar-refractivity contribution in [3.05, 3.63) is 117 Å². The molecule has 0 bridgehead atoms. The second kappa shape index (κ2) is 17.7. The first-order valence-electron chi connectivity index (χ1n) is 12.3. The minimum atomic E-state index is 0. The van der Waals surface area contributed by atoms with E-state index < -0.39 is 0 Å². The van der Waals surface area contributed by atoms with Crippen LogP contribution < -0.4 is 18.9 Å². The summed E-state index contributed by atoms with van der Waals surface area (Å²) in [5.41, 5.74) is 3.11. The number of rotatable bonds is 8. The topological polar surface area (TPSA) is 36.9 Å². The first-order chi connectivity index (χ1) is 20.2. The van der Waals surface area contributed by atoms with Crippen molar-refractivity contribution in [1.82, 2.24) is 0 Å². The summed E-state index contributed by atoms with van der Waals surface area (Å²) in [6.45, 7) is 0. The van der Waals surface area contributed by atoms with Gasteiger partial charge in [0, 0.05) is 26.5 Å². The van der Waals surface area contributed by atoms with Gasteiger partial charge in [-0.2, -0.15) is 19.6 Å². The van der Waals surface area contributed by atoms with Crippen LogP contribution in [0, 0.1) is 0 Å². The molecule has 0 heterocycles. The SMILES string of the molecule is COc1ccc(/C([S-])=C(/[S-])c2ccccc2Cl)cc1OC.COc1ccc(/C([S-])=C(/[S-])c2ccccc2Cl)cc1OC.[Ni]. The van der Waals surface area contributed by atoms with Gasteiger partial charge < -0.3 is 69.5 Å². The van der Waals surface area contributed by atoms with Gasteiger partial charge in [-0.1, -0.05) is 71.7 Å². The fraction of sp³-hybridized carbons (Fsp3) is 0.125. The van der Waals surface area contributed by atoms with Gasteiger partial charge >= 0.3 is 0 Å². The second-order valence-electron chi connectivity index (χ2n) is 8.42. The molecule has 0 aliphatic carbocycles. The zero-order valence-electron chi connectivity index (χ0n) is 23.4. The van der Waals surface area contributed by atoms with Gasteiger partial charge in [0.1, 0.15) is 0 Å². The first kappa shape index (κ1) is 36.7. The molecule has 0 aromatic heterocycles. The molecule has 4 rings (SSSR count). The maximum Gasteiger partial charge on any atom is 0.161 e. The Hall–Kier alpha value is -2.49. The molecule has 43 heavy (non-hydrogen) atoms. The molecule has 0 aliphatic rings. The van der Waals surface area contributed by atoms with E-state index >= 15 is 0 Å². The fourth-order valence-electron chi connectivity index (χ4n) is 3.75. The van der Waals surface area contributed by atoms with E-state index in [1.807, 2.05) is 60.7 Å². The van der Waals surface area contributed by atoms with E-state index in [9.17, 15) is 0 Å². The van der Waals surface area contributed by atoms with Crippen LogP contribution in [0.2, 0.25) is 10.0 Å². The first-order valence-corrected chi connectivity index (χ1v) is 14.7. The van der Waals surface area contributed by atoms with Crippen molar-refractivity contribution in [1.29, 1.82) is 0 Å². The van der Waals surface area contributed by atoms with Crippen molar-refractivity contribution in [2.75, 3.05) is 28.4 Å². The zero-order valence-corrected chi connectivity index (χ0v) is 29.2. The normalized spacial score (nSPS) is 11.5. The van der Waals surface area contributed by atoms with E-state index in [0.717, 1.165) is 22.3 Å². The molecule has 0 spiro atoms. The molecule has 0 fully saturated rings. The van der Waals surface area contributed by atoms with Gasteiger partial charge in [0.05, 0.1) is 28.4 Å². The maximum absolute atomic E-state index is 6.17. The fourth-order valence-corrected chi connectivity index (χ4v) is 5.39. The number of ether oxygens (including phenoxy) is 4. The third kappa shape index (κ3) is 9.25. The maximum atomic E-state index is 6.17. The summed E-state index contributed by atoms with van der Waals surface area (Å²) in [5, 5.41) is 1.18. The van der Waals surface area contributed by atoms with Crippen LogP contribution in [0.4, 0.5) is 0 Å². The smallest absolute Gasteiger partial charge is 0.161 e. The third-order valence-electron chi connectivity index (χ3n) is 5.94. The Morgan fingerprint density at radius 2 is 0.791 bits per heavy atom. The van der Waals surface area contributed by atoms with Crippen molar-refractivity contribution in [3.8, 4) is 23.0 Å². The van der Waals surface area contributed by atoms with Gasteiger partial charge in [0.25, 0.3) is 0 Å². The Kier molecular flexibility index (Phi) is 15.1. The molecule has 0 amide bonds. The number of hydrogen-bond donors (Lipinski definition) is 0. The summed E-state index contributed by atoms with van der Waals surface area (Å²) in [5.74, 6) is 2.51. The van der Waals surface area contributed by atoms with Crippen LogP contribution in [0.5, 0.6) is 23.0 Å². The standard InChI is InChI=1S/2C16H15ClO2S2.Ni/c2*1-18-13-8-7-10(9-14(13)19-2)15(20)16(21)11-5-3-4-6-12(11)17;/h2*3-9,20-21H,1-2H3;/p-4/b2*16-15-;. The summed E-state index contributed by atoms with van der Waals surface area (Å²) >= 11 is 34.2. The summed E-state index contributed by atoms with van der Waals surface area (Å²) in [4.78, 5) is 2.20. The summed E-state index contributed by atoms with van der Waals surface area (Å²) in [7, 11) is 6.34. The minimum absolute atomic E-state index is 0. The average molecular weight is 732 g/mol. The van der Waals surface area contributed by atoms with E-state index in [2.05, 4.69) is 0 Å². The van der Waals surface area contributed by atoms with Crippen LogP contribution >= 0.6 is 23.2 Å². The molecule has 4 nitrogen and oxygen atoms in total. The second-order valence-corrected chi connectivity index (χ2v) is 10.9. The Balaban J connectivity index is 0.000000293. The molecule has 0 N–H and O–H groups in total. The van der Waals surface area contributed by atoms with Crippen LogP contribution in [-0.2, 0) is 67.0 Å². The van der Waals surface area contributed by atoms with Gasteiger partial charge in [-0.15, -0.1) is 0 Å². The molecule has 0 aliphatic heterocycles. The summed E-state index contributed by atoms with van der Waals surface area (Å²) in [6, 6.07) is 25.7. The average Bonchev–Trinajstić information content (AvgIpc) is 3.03. The van der Waals surface area contributed by atoms with Crippen LogP contribution in [0.25, 0.3) is 19.6 Å². The van der Waals surface area contributed by atoms with Crippen molar-refractivity contribution in [2.45, 2.75) is 0 Å². The van der Waals surface area contributed by atoms with E-state index in [1.54, 1.807) is 52.7 Å². The Bertz CT molecular complexity index is 1490. The van der Waals surface area contributed by atoms with Gasteiger partial charge in [0.15, 0.2) is 23.0 Å². The number of methoxy groups -OCH3 is 4. The Morgan fingerprint density at radius 1 is 0.465 bits per heavy atom. The monoisotopic (exact) mass is 730 g/mol. The van der Waals surface area contributed by atoms with Gasteiger partial charge in [-0.3, -0.25) is 0 Å². The van der Waals surface area contributed by atoms with Crippen LogP contribution in [-0.4, -0.2) is 28.4 Å². The molecule has 11 heteroatoms. The number of hydrogen-bond acceptors (Lipinski definition) is 8. The van der Waals surface area contributed by atoms with E-state index in [1.165, 1.54) is 0 Å². The Labute approximate surface area is 295 Å². The molecule has 0 saturated heterocycles. The van der Waals surface area contributed by atoms with E-state index in [-0.39, 0.29) is 16.5 Å². The van der Waals surface area contributed by atoms with Crippen LogP contribution in [0.3, 0.4) is 0 Å². The Morgan fingerprint density at radius 3 is 1.09 bits per heavy atom. The van der Waals surface area contributed by atoms with E-state index in [0.29, 0.717) is 52.7 Å². The molecule has 0 saturated carbocycles. The summed E-state index contributed by atoms with van der Waals surface area (Å²) < 4.78 is 21.0. The molecular weight excluding hydrogens is 706 g/mol. The third-order valence-corrected chi connectivity index (χ3v) is 8.59. The molecule has 4 aromatic carbocycles.